The molecule has 86 valence electrons. The molecule has 0 aromatic heterocycles. The van der Waals surface area contributed by atoms with E-state index in [0.29, 0.717) is 0 Å². The summed E-state index contributed by atoms with van der Waals surface area (Å²) in [4.78, 5) is 24.3. The number of hydrogen-bond acceptors (Lipinski definition) is 4. The van der Waals surface area contributed by atoms with Crippen molar-refractivity contribution in [3.8, 4) is 0 Å². The summed E-state index contributed by atoms with van der Waals surface area (Å²) in [5.41, 5.74) is 0. The molecule has 0 aliphatic carbocycles. The maximum atomic E-state index is 10.2. The van der Waals surface area contributed by atoms with Gasteiger partial charge in [0.25, 0.3) is 0 Å². The Labute approximate surface area is 85.9 Å². The Morgan fingerprint density at radius 2 is 1.36 bits per heavy atom. The molecule has 0 atom stereocenters. The predicted molar refractivity (Wildman–Crippen MR) is 54.5 cm³/mol. The molecule has 0 fully saturated rings. The smallest absolute Gasteiger partial charge is 0.302 e. The van der Waals surface area contributed by atoms with Gasteiger partial charge in [0.2, 0.25) is 5.91 Å². The number of carbonyl (C=O) groups is 2. The Balaban J connectivity index is -0.000000152. The molecule has 14 heavy (non-hydrogen) atoms. The first-order chi connectivity index (χ1) is 6.45. The van der Waals surface area contributed by atoms with E-state index in [1.807, 2.05) is 13.8 Å². The van der Waals surface area contributed by atoms with Gasteiger partial charge in [-0.25, -0.2) is 5.06 Å². The van der Waals surface area contributed by atoms with Gasteiger partial charge in [0, 0.05) is 20.9 Å². The van der Waals surface area contributed by atoms with Gasteiger partial charge in [0.05, 0.1) is 14.2 Å². The van der Waals surface area contributed by atoms with E-state index in [1.165, 1.54) is 28.1 Å². The average Bonchev–Trinajstić information content (AvgIpc) is 2.20. The topological polar surface area (TPSA) is 55.8 Å². The van der Waals surface area contributed by atoms with Gasteiger partial charge < -0.3 is 4.74 Å². The van der Waals surface area contributed by atoms with Crippen molar-refractivity contribution in [1.29, 1.82) is 0 Å². The summed E-state index contributed by atoms with van der Waals surface area (Å²) < 4.78 is 4.11. The zero-order valence-electron chi connectivity index (χ0n) is 10.1. The van der Waals surface area contributed by atoms with Crippen molar-refractivity contribution in [3.63, 3.8) is 0 Å². The van der Waals surface area contributed by atoms with Crippen LogP contribution in [0.1, 0.15) is 27.7 Å². The number of carbonyl (C=O) groups excluding carboxylic acids is 2. The second-order valence-corrected chi connectivity index (χ2v) is 1.89. The van der Waals surface area contributed by atoms with Crippen LogP contribution in [-0.2, 0) is 19.2 Å². The largest absolute Gasteiger partial charge is 0.469 e. The standard InChI is InChI=1S/C4H9NO2.C3H6O2.C2H6/c1-4(6)5(2)7-3;1-3(4)5-2;1-2/h1-3H3;1-2H3;1-2H3. The first-order valence-corrected chi connectivity index (χ1v) is 4.28. The minimum Gasteiger partial charge on any atom is -0.469 e. The normalized spacial score (nSPS) is 7.07. The molecule has 0 radical (unpaired) electrons. The molecule has 0 saturated carbocycles. The number of ether oxygens (including phenoxy) is 1. The zero-order valence-corrected chi connectivity index (χ0v) is 10.1. The molecule has 0 heterocycles. The SMILES string of the molecule is CC.COC(C)=O.CON(C)C(C)=O. The van der Waals surface area contributed by atoms with Crippen LogP contribution in [0, 0.1) is 0 Å². The van der Waals surface area contributed by atoms with Crippen molar-refractivity contribution in [2.24, 2.45) is 0 Å². The van der Waals surface area contributed by atoms with Crippen LogP contribution in [0.4, 0.5) is 0 Å². The van der Waals surface area contributed by atoms with Crippen LogP contribution in [0.15, 0.2) is 0 Å². The van der Waals surface area contributed by atoms with Crippen LogP contribution < -0.4 is 0 Å². The van der Waals surface area contributed by atoms with Crippen molar-refractivity contribution in [1.82, 2.24) is 5.06 Å². The fraction of sp³-hybridized carbons (Fsp3) is 0.778. The average molecular weight is 207 g/mol. The van der Waals surface area contributed by atoms with Crippen molar-refractivity contribution in [3.05, 3.63) is 0 Å². The fourth-order valence-electron chi connectivity index (χ4n) is 0.129. The minimum atomic E-state index is -0.245. The highest BCUT2D eigenvalue weighted by Crippen LogP contribution is 1.78. The van der Waals surface area contributed by atoms with Crippen LogP contribution in [0.2, 0.25) is 0 Å². The van der Waals surface area contributed by atoms with Gasteiger partial charge in [0.1, 0.15) is 0 Å². The van der Waals surface area contributed by atoms with Crippen LogP contribution >= 0.6 is 0 Å². The second-order valence-electron chi connectivity index (χ2n) is 1.89. The molecule has 0 aliphatic rings. The fourth-order valence-corrected chi connectivity index (χ4v) is 0.129. The Kier molecular flexibility index (Phi) is 19.2. The van der Waals surface area contributed by atoms with Crippen molar-refractivity contribution < 1.29 is 19.2 Å². The van der Waals surface area contributed by atoms with E-state index in [1.54, 1.807) is 7.05 Å². The van der Waals surface area contributed by atoms with E-state index in [9.17, 15) is 9.59 Å². The molecule has 0 aliphatic heterocycles. The van der Waals surface area contributed by atoms with E-state index < -0.39 is 0 Å². The summed E-state index contributed by atoms with van der Waals surface area (Å²) >= 11 is 0. The first kappa shape index (κ1) is 18.6. The lowest BCUT2D eigenvalue weighted by molar-refractivity contribution is -0.165. The predicted octanol–water partition coefficient (Wildman–Crippen LogP) is 1.23. The molecule has 0 spiro atoms. The van der Waals surface area contributed by atoms with Crippen molar-refractivity contribution >= 4 is 11.9 Å². The van der Waals surface area contributed by atoms with Crippen molar-refractivity contribution in [2.75, 3.05) is 21.3 Å². The number of hydrogen-bond donors (Lipinski definition) is 0. The van der Waals surface area contributed by atoms with Gasteiger partial charge >= 0.3 is 5.97 Å². The maximum absolute atomic E-state index is 10.2. The number of amides is 1. The van der Waals surface area contributed by atoms with Crippen LogP contribution in [0.25, 0.3) is 0 Å². The van der Waals surface area contributed by atoms with Gasteiger partial charge in [-0.1, -0.05) is 13.8 Å². The van der Waals surface area contributed by atoms with E-state index in [2.05, 4.69) is 9.57 Å². The van der Waals surface area contributed by atoms with Gasteiger partial charge in [-0.2, -0.15) is 0 Å². The van der Waals surface area contributed by atoms with E-state index >= 15 is 0 Å². The number of methoxy groups -OCH3 is 1. The summed E-state index contributed by atoms with van der Waals surface area (Å²) in [5.74, 6) is -0.340. The summed E-state index contributed by atoms with van der Waals surface area (Å²) in [6.45, 7) is 6.80. The number of hydroxylamine groups is 2. The monoisotopic (exact) mass is 207 g/mol. The summed E-state index contributed by atoms with van der Waals surface area (Å²) in [6.07, 6.45) is 0. The zero-order chi connectivity index (χ0) is 12.1. The Bertz CT molecular complexity index is 148. The second kappa shape index (κ2) is 14.4. The minimum absolute atomic E-state index is 0.0949. The van der Waals surface area contributed by atoms with E-state index in [-0.39, 0.29) is 11.9 Å². The summed E-state index contributed by atoms with van der Waals surface area (Å²) in [7, 11) is 4.35. The van der Waals surface area contributed by atoms with Gasteiger partial charge in [-0.05, 0) is 0 Å². The molecule has 0 saturated heterocycles. The molecule has 1 amide bonds. The molecule has 0 aromatic carbocycles. The molecule has 0 aromatic rings. The molecule has 0 unspecified atom stereocenters. The molecule has 5 nitrogen and oxygen atoms in total. The Morgan fingerprint density at radius 1 is 1.07 bits per heavy atom. The van der Waals surface area contributed by atoms with E-state index in [0.717, 1.165) is 5.06 Å². The summed E-state index contributed by atoms with van der Waals surface area (Å²) in [5, 5.41) is 1.15. The van der Waals surface area contributed by atoms with Crippen LogP contribution in [0.3, 0.4) is 0 Å². The Hall–Kier alpha value is -1.10. The lowest BCUT2D eigenvalue weighted by atomic mass is 10.7. The highest BCUT2D eigenvalue weighted by atomic mass is 16.7. The first-order valence-electron chi connectivity index (χ1n) is 4.28. The molecule has 0 bridgehead atoms. The van der Waals surface area contributed by atoms with Crippen LogP contribution in [0.5, 0.6) is 0 Å². The summed E-state index contributed by atoms with van der Waals surface area (Å²) in [6, 6.07) is 0. The van der Waals surface area contributed by atoms with Gasteiger partial charge in [0.15, 0.2) is 0 Å². The third kappa shape index (κ3) is 22.4. The van der Waals surface area contributed by atoms with Crippen LogP contribution in [-0.4, -0.2) is 38.2 Å². The molecule has 0 N–H and O–H groups in total. The molecular formula is C9H21NO4. The third-order valence-corrected chi connectivity index (χ3v) is 1.00. The number of rotatable bonds is 1. The highest BCUT2D eigenvalue weighted by molar-refractivity contribution is 5.71. The van der Waals surface area contributed by atoms with Crippen molar-refractivity contribution in [2.45, 2.75) is 27.7 Å². The molecule has 5 heteroatoms. The van der Waals surface area contributed by atoms with E-state index in [4.69, 9.17) is 0 Å². The van der Waals surface area contributed by atoms with Gasteiger partial charge in [-0.15, -0.1) is 0 Å². The van der Waals surface area contributed by atoms with Gasteiger partial charge in [-0.3, -0.25) is 14.4 Å². The Morgan fingerprint density at radius 3 is 1.36 bits per heavy atom. The highest BCUT2D eigenvalue weighted by Gasteiger charge is 1.94. The number of esters is 1. The molecular weight excluding hydrogens is 186 g/mol. The third-order valence-electron chi connectivity index (χ3n) is 1.00. The lowest BCUT2D eigenvalue weighted by Crippen LogP contribution is -2.21. The maximum Gasteiger partial charge on any atom is 0.302 e. The molecule has 0 rings (SSSR count). The quantitative estimate of drug-likeness (QED) is 0.479. The lowest BCUT2D eigenvalue weighted by Gasteiger charge is -2.08. The number of nitrogens with zero attached hydrogens (tertiary/aromatic N) is 1.